The van der Waals surface area contributed by atoms with Gasteiger partial charge in [-0.1, -0.05) is 19.3 Å². The first-order valence-corrected chi connectivity index (χ1v) is 8.66. The van der Waals surface area contributed by atoms with E-state index in [0.717, 1.165) is 37.3 Å². The Hall–Kier alpha value is -1.59. The lowest BCUT2D eigenvalue weighted by Gasteiger charge is -2.22. The third-order valence-electron chi connectivity index (χ3n) is 4.74. The van der Waals surface area contributed by atoms with Crippen molar-refractivity contribution in [1.29, 1.82) is 0 Å². The van der Waals surface area contributed by atoms with Crippen LogP contribution in [-0.4, -0.2) is 33.4 Å². The molecule has 1 heterocycles. The number of amides is 2. The average Bonchev–Trinajstić information content (AvgIpc) is 3.29. The molecule has 0 saturated heterocycles. The summed E-state index contributed by atoms with van der Waals surface area (Å²) in [6.45, 7) is 0.685. The van der Waals surface area contributed by atoms with Crippen molar-refractivity contribution in [3.63, 3.8) is 0 Å². The maximum Gasteiger partial charge on any atom is 0.315 e. The van der Waals surface area contributed by atoms with Gasteiger partial charge in [-0.3, -0.25) is 0 Å². The smallest absolute Gasteiger partial charge is 0.315 e. The highest BCUT2D eigenvalue weighted by molar-refractivity contribution is 5.74. The van der Waals surface area contributed by atoms with Crippen LogP contribution < -0.4 is 10.6 Å². The molecule has 0 radical (unpaired) electrons. The third kappa shape index (κ3) is 3.99. The topological polar surface area (TPSA) is 71.8 Å². The predicted molar refractivity (Wildman–Crippen MR) is 84.7 cm³/mol. The summed E-state index contributed by atoms with van der Waals surface area (Å²) in [7, 11) is 2.05. The van der Waals surface area contributed by atoms with Gasteiger partial charge in [0.25, 0.3) is 0 Å². The van der Waals surface area contributed by atoms with Gasteiger partial charge in [-0.15, -0.1) is 10.2 Å². The fourth-order valence-corrected chi connectivity index (χ4v) is 3.22. The van der Waals surface area contributed by atoms with Crippen LogP contribution in [0.25, 0.3) is 0 Å². The molecule has 3 rings (SSSR count). The second-order valence-corrected chi connectivity index (χ2v) is 6.65. The molecule has 2 amide bonds. The number of rotatable bonds is 6. The second-order valence-electron chi connectivity index (χ2n) is 6.65. The molecule has 1 aromatic rings. The summed E-state index contributed by atoms with van der Waals surface area (Å²) in [5.41, 5.74) is 0. The van der Waals surface area contributed by atoms with E-state index in [-0.39, 0.29) is 6.03 Å². The molecule has 22 heavy (non-hydrogen) atoms. The van der Waals surface area contributed by atoms with Crippen molar-refractivity contribution in [2.45, 2.75) is 69.7 Å². The van der Waals surface area contributed by atoms with Crippen LogP contribution in [0.4, 0.5) is 4.79 Å². The minimum absolute atomic E-state index is 0.0245. The van der Waals surface area contributed by atoms with E-state index in [0.29, 0.717) is 18.5 Å². The summed E-state index contributed by atoms with van der Waals surface area (Å²) in [5, 5.41) is 14.6. The predicted octanol–water partition coefficient (Wildman–Crippen LogP) is 2.26. The Kier molecular flexibility index (Phi) is 4.95. The Morgan fingerprint density at radius 1 is 1.18 bits per heavy atom. The van der Waals surface area contributed by atoms with Gasteiger partial charge in [0.15, 0.2) is 0 Å². The van der Waals surface area contributed by atoms with Crippen LogP contribution in [0, 0.1) is 0 Å². The molecule has 0 aromatic carbocycles. The zero-order valence-electron chi connectivity index (χ0n) is 13.5. The van der Waals surface area contributed by atoms with Gasteiger partial charge in [0, 0.05) is 32.0 Å². The maximum atomic E-state index is 11.8. The fraction of sp³-hybridized carbons (Fsp3) is 0.812. The molecule has 6 heteroatoms. The highest BCUT2D eigenvalue weighted by Gasteiger charge is 2.29. The number of carbonyl (C=O) groups excluding carboxylic acids is 1. The Labute approximate surface area is 132 Å². The van der Waals surface area contributed by atoms with Gasteiger partial charge < -0.3 is 15.2 Å². The number of nitrogens with zero attached hydrogens (tertiary/aromatic N) is 3. The van der Waals surface area contributed by atoms with Crippen molar-refractivity contribution in [2.24, 2.45) is 7.05 Å². The van der Waals surface area contributed by atoms with Crippen LogP contribution in [0.3, 0.4) is 0 Å². The molecule has 0 bridgehead atoms. The number of hydrogen-bond donors (Lipinski definition) is 2. The van der Waals surface area contributed by atoms with Gasteiger partial charge in [0.05, 0.1) is 0 Å². The highest BCUT2D eigenvalue weighted by atomic mass is 16.2. The number of urea groups is 1. The van der Waals surface area contributed by atoms with E-state index < -0.39 is 0 Å². The van der Waals surface area contributed by atoms with Crippen molar-refractivity contribution >= 4 is 6.03 Å². The zero-order chi connectivity index (χ0) is 15.4. The molecule has 2 saturated carbocycles. The van der Waals surface area contributed by atoms with Crippen LogP contribution in [-0.2, 0) is 13.5 Å². The van der Waals surface area contributed by atoms with Crippen LogP contribution >= 0.6 is 0 Å². The SMILES string of the molecule is Cn1c(CCCNC(=O)NC2CCCCC2)nnc1C1CC1. The van der Waals surface area contributed by atoms with E-state index in [1.807, 2.05) is 7.05 Å². The molecule has 0 spiro atoms. The Bertz CT molecular complexity index is 503. The Balaban J connectivity index is 1.33. The molecule has 2 N–H and O–H groups in total. The quantitative estimate of drug-likeness (QED) is 0.792. The normalized spacial score (nSPS) is 19.1. The minimum atomic E-state index is -0.0245. The largest absolute Gasteiger partial charge is 0.338 e. The van der Waals surface area contributed by atoms with Gasteiger partial charge >= 0.3 is 6.03 Å². The third-order valence-corrected chi connectivity index (χ3v) is 4.74. The number of nitrogens with one attached hydrogen (secondary N) is 2. The van der Waals surface area contributed by atoms with Gasteiger partial charge in [0.2, 0.25) is 0 Å². The second kappa shape index (κ2) is 7.11. The lowest BCUT2D eigenvalue weighted by Crippen LogP contribution is -2.43. The Morgan fingerprint density at radius 3 is 2.68 bits per heavy atom. The lowest BCUT2D eigenvalue weighted by atomic mass is 9.96. The van der Waals surface area contributed by atoms with Gasteiger partial charge in [-0.2, -0.15) is 0 Å². The summed E-state index contributed by atoms with van der Waals surface area (Å²) < 4.78 is 2.12. The van der Waals surface area contributed by atoms with Crippen LogP contribution in [0.5, 0.6) is 0 Å². The molecule has 2 aliphatic carbocycles. The van der Waals surface area contributed by atoms with Gasteiger partial charge in [-0.05, 0) is 32.1 Å². The molecule has 2 fully saturated rings. The van der Waals surface area contributed by atoms with Crippen molar-refractivity contribution in [1.82, 2.24) is 25.4 Å². The molecular weight excluding hydrogens is 278 g/mol. The number of carbonyl (C=O) groups is 1. The molecule has 122 valence electrons. The molecule has 1 aromatic heterocycles. The van der Waals surface area contributed by atoms with Crippen LogP contribution in [0.15, 0.2) is 0 Å². The fourth-order valence-electron chi connectivity index (χ4n) is 3.22. The Morgan fingerprint density at radius 2 is 1.95 bits per heavy atom. The molecule has 0 atom stereocenters. The number of aryl methyl sites for hydroxylation is 1. The summed E-state index contributed by atoms with van der Waals surface area (Å²) in [4.78, 5) is 11.8. The van der Waals surface area contributed by atoms with E-state index in [1.54, 1.807) is 0 Å². The minimum Gasteiger partial charge on any atom is -0.338 e. The number of hydrogen-bond acceptors (Lipinski definition) is 3. The zero-order valence-corrected chi connectivity index (χ0v) is 13.5. The van der Waals surface area contributed by atoms with Crippen molar-refractivity contribution < 1.29 is 4.79 Å². The van der Waals surface area contributed by atoms with Crippen molar-refractivity contribution in [2.75, 3.05) is 6.54 Å². The number of aromatic nitrogens is 3. The van der Waals surface area contributed by atoms with E-state index in [9.17, 15) is 4.79 Å². The molecular formula is C16H27N5O. The van der Waals surface area contributed by atoms with Crippen LogP contribution in [0.1, 0.15) is 68.9 Å². The van der Waals surface area contributed by atoms with E-state index >= 15 is 0 Å². The first-order valence-electron chi connectivity index (χ1n) is 8.66. The molecule has 0 unspecified atom stereocenters. The van der Waals surface area contributed by atoms with E-state index in [4.69, 9.17) is 0 Å². The highest BCUT2D eigenvalue weighted by Crippen LogP contribution is 2.38. The van der Waals surface area contributed by atoms with Crippen LogP contribution in [0.2, 0.25) is 0 Å². The summed E-state index contributed by atoms with van der Waals surface area (Å²) in [6.07, 6.45) is 10.3. The lowest BCUT2D eigenvalue weighted by molar-refractivity contribution is 0.232. The maximum absolute atomic E-state index is 11.8. The summed E-state index contributed by atoms with van der Waals surface area (Å²) in [5.74, 6) is 2.78. The van der Waals surface area contributed by atoms with Gasteiger partial charge in [-0.25, -0.2) is 4.79 Å². The first kappa shape index (κ1) is 15.3. The van der Waals surface area contributed by atoms with Crippen molar-refractivity contribution in [3.05, 3.63) is 11.6 Å². The monoisotopic (exact) mass is 305 g/mol. The van der Waals surface area contributed by atoms with E-state index in [2.05, 4.69) is 25.4 Å². The first-order chi connectivity index (χ1) is 10.7. The van der Waals surface area contributed by atoms with E-state index in [1.165, 1.54) is 32.1 Å². The van der Waals surface area contributed by atoms with Crippen molar-refractivity contribution in [3.8, 4) is 0 Å². The average molecular weight is 305 g/mol. The summed E-state index contributed by atoms with van der Waals surface area (Å²) >= 11 is 0. The van der Waals surface area contributed by atoms with Gasteiger partial charge in [0.1, 0.15) is 11.6 Å². The molecule has 0 aliphatic heterocycles. The molecule has 6 nitrogen and oxygen atoms in total. The standard InChI is InChI=1S/C16H27N5O/c1-21-14(19-20-15(21)12-9-10-12)8-5-11-17-16(22)18-13-6-3-2-4-7-13/h12-13H,2-11H2,1H3,(H2,17,18,22). The summed E-state index contributed by atoms with van der Waals surface area (Å²) in [6, 6.07) is 0.345. The molecule has 2 aliphatic rings.